The Hall–Kier alpha value is -1.06. The van der Waals surface area contributed by atoms with E-state index < -0.39 is 0 Å². The zero-order valence-electron chi connectivity index (χ0n) is 18.9. The van der Waals surface area contributed by atoms with E-state index in [0.29, 0.717) is 5.92 Å². The lowest BCUT2D eigenvalue weighted by molar-refractivity contribution is 0.239. The van der Waals surface area contributed by atoms with Crippen LogP contribution >= 0.6 is 24.0 Å². The molecule has 6 nitrogen and oxygen atoms in total. The average Bonchev–Trinajstić information content (AvgIpc) is 3.45. The van der Waals surface area contributed by atoms with Crippen LogP contribution in [0.15, 0.2) is 29.3 Å². The van der Waals surface area contributed by atoms with Crippen molar-refractivity contribution in [1.29, 1.82) is 0 Å². The van der Waals surface area contributed by atoms with Gasteiger partial charge in [-0.05, 0) is 63.8 Å². The van der Waals surface area contributed by atoms with Gasteiger partial charge in [0.2, 0.25) is 0 Å². The van der Waals surface area contributed by atoms with Crippen LogP contribution in [-0.4, -0.2) is 75.7 Å². The van der Waals surface area contributed by atoms with Gasteiger partial charge in [-0.1, -0.05) is 25.1 Å². The van der Waals surface area contributed by atoms with Gasteiger partial charge in [0, 0.05) is 32.2 Å². The summed E-state index contributed by atoms with van der Waals surface area (Å²) in [6, 6.07) is 8.69. The van der Waals surface area contributed by atoms with Gasteiger partial charge < -0.3 is 20.3 Å². The number of hydrogen-bond donors (Lipinski definition) is 2. The molecule has 0 saturated carbocycles. The highest BCUT2D eigenvalue weighted by molar-refractivity contribution is 14.0. The van der Waals surface area contributed by atoms with Gasteiger partial charge in [-0.15, -0.1) is 24.0 Å². The molecular formula is C23H40IN5O. The third-order valence-corrected chi connectivity index (χ3v) is 6.15. The van der Waals surface area contributed by atoms with E-state index in [4.69, 9.17) is 4.74 Å². The second kappa shape index (κ2) is 13.4. The summed E-state index contributed by atoms with van der Waals surface area (Å²) in [5.74, 6) is 2.46. The Labute approximate surface area is 199 Å². The average molecular weight is 530 g/mol. The molecule has 0 amide bonds. The Bertz CT molecular complexity index is 644. The Morgan fingerprint density at radius 3 is 2.33 bits per heavy atom. The highest BCUT2D eigenvalue weighted by atomic mass is 127. The number of hydrogen-bond acceptors (Lipinski definition) is 4. The van der Waals surface area contributed by atoms with E-state index in [1.807, 2.05) is 13.1 Å². The van der Waals surface area contributed by atoms with Crippen LogP contribution < -0.4 is 15.4 Å². The van der Waals surface area contributed by atoms with Gasteiger partial charge in [0.25, 0.3) is 0 Å². The first-order valence-corrected chi connectivity index (χ1v) is 11.2. The Kier molecular flexibility index (Phi) is 11.2. The number of guanidine groups is 1. The van der Waals surface area contributed by atoms with Crippen LogP contribution in [0.25, 0.3) is 0 Å². The number of nitrogens with zero attached hydrogens (tertiary/aromatic N) is 3. The molecule has 0 bridgehead atoms. The van der Waals surface area contributed by atoms with Crippen molar-refractivity contribution in [3.63, 3.8) is 0 Å². The SMILES string of the molecule is CN=C(NCC(C)CN1CCCC1)NCC(c1ccccc1OC)N1CCCC1.I. The molecule has 2 saturated heterocycles. The predicted molar refractivity (Wildman–Crippen MR) is 136 cm³/mol. The molecule has 1 aromatic rings. The zero-order chi connectivity index (χ0) is 20.5. The summed E-state index contributed by atoms with van der Waals surface area (Å²) in [6.07, 6.45) is 5.24. The van der Waals surface area contributed by atoms with Gasteiger partial charge in [-0.2, -0.15) is 0 Å². The highest BCUT2D eigenvalue weighted by Gasteiger charge is 2.26. The van der Waals surface area contributed by atoms with Gasteiger partial charge in [-0.25, -0.2) is 0 Å². The molecule has 7 heteroatoms. The van der Waals surface area contributed by atoms with Crippen molar-refractivity contribution in [3.8, 4) is 5.75 Å². The fraction of sp³-hybridized carbons (Fsp3) is 0.696. The number of nitrogens with one attached hydrogen (secondary N) is 2. The summed E-state index contributed by atoms with van der Waals surface area (Å²) >= 11 is 0. The Morgan fingerprint density at radius 2 is 1.67 bits per heavy atom. The molecule has 30 heavy (non-hydrogen) atoms. The number of para-hydroxylation sites is 1. The number of likely N-dealkylation sites (tertiary alicyclic amines) is 2. The lowest BCUT2D eigenvalue weighted by atomic mass is 10.0. The molecule has 0 aromatic heterocycles. The van der Waals surface area contributed by atoms with E-state index in [1.54, 1.807) is 7.11 Å². The topological polar surface area (TPSA) is 52.1 Å². The third-order valence-electron chi connectivity index (χ3n) is 6.15. The molecule has 2 N–H and O–H groups in total. The molecule has 170 valence electrons. The van der Waals surface area contributed by atoms with Crippen LogP contribution in [0.4, 0.5) is 0 Å². The summed E-state index contributed by atoms with van der Waals surface area (Å²) in [5, 5.41) is 7.10. The molecule has 2 aliphatic heterocycles. The highest BCUT2D eigenvalue weighted by Crippen LogP contribution is 2.31. The summed E-state index contributed by atoms with van der Waals surface area (Å²) in [4.78, 5) is 9.60. The fourth-order valence-corrected chi connectivity index (χ4v) is 4.59. The standard InChI is InChI=1S/C23H39N5O.HI/c1-19(18-27-12-6-7-13-27)16-25-23(24-2)26-17-21(28-14-8-9-15-28)20-10-4-5-11-22(20)29-3;/h4-5,10-11,19,21H,6-9,12-18H2,1-3H3,(H2,24,25,26);1H. The number of benzene rings is 1. The van der Waals surface area contributed by atoms with Crippen LogP contribution in [0.5, 0.6) is 5.75 Å². The molecule has 0 aliphatic carbocycles. The van der Waals surface area contributed by atoms with E-state index in [9.17, 15) is 0 Å². The van der Waals surface area contributed by atoms with Crippen molar-refractivity contribution in [2.75, 3.05) is 60.0 Å². The molecule has 1 aromatic carbocycles. The second-order valence-electron chi connectivity index (χ2n) is 8.45. The number of aliphatic imine (C=N–C) groups is 1. The first-order valence-electron chi connectivity index (χ1n) is 11.2. The molecule has 0 spiro atoms. The molecule has 2 aliphatic rings. The molecule has 3 rings (SSSR count). The van der Waals surface area contributed by atoms with E-state index in [0.717, 1.165) is 37.9 Å². The van der Waals surface area contributed by atoms with Gasteiger partial charge in [0.1, 0.15) is 5.75 Å². The first kappa shape index (κ1) is 25.2. The van der Waals surface area contributed by atoms with Crippen molar-refractivity contribution in [3.05, 3.63) is 29.8 Å². The number of halogens is 1. The summed E-state index contributed by atoms with van der Waals surface area (Å²) in [5.41, 5.74) is 1.25. The molecule has 2 heterocycles. The molecule has 0 radical (unpaired) electrons. The Balaban J connectivity index is 0.00000320. The van der Waals surface area contributed by atoms with E-state index in [2.05, 4.69) is 50.5 Å². The minimum absolute atomic E-state index is 0. The monoisotopic (exact) mass is 529 g/mol. The van der Waals surface area contributed by atoms with Crippen molar-refractivity contribution in [1.82, 2.24) is 20.4 Å². The van der Waals surface area contributed by atoms with Crippen LogP contribution in [0, 0.1) is 5.92 Å². The van der Waals surface area contributed by atoms with Gasteiger partial charge in [-0.3, -0.25) is 9.89 Å². The third kappa shape index (κ3) is 7.27. The maximum Gasteiger partial charge on any atom is 0.191 e. The summed E-state index contributed by atoms with van der Waals surface area (Å²) in [7, 11) is 3.62. The molecular weight excluding hydrogens is 489 g/mol. The lowest BCUT2D eigenvalue weighted by Crippen LogP contribution is -2.44. The normalized spacial score (nSPS) is 19.9. The van der Waals surface area contributed by atoms with E-state index >= 15 is 0 Å². The van der Waals surface area contributed by atoms with Crippen molar-refractivity contribution < 1.29 is 4.74 Å². The molecule has 2 atom stereocenters. The lowest BCUT2D eigenvalue weighted by Gasteiger charge is -2.30. The molecule has 2 fully saturated rings. The minimum Gasteiger partial charge on any atom is -0.496 e. The number of methoxy groups -OCH3 is 1. The maximum absolute atomic E-state index is 5.66. The van der Waals surface area contributed by atoms with Crippen LogP contribution in [0.3, 0.4) is 0 Å². The number of rotatable bonds is 9. The first-order chi connectivity index (χ1) is 14.2. The van der Waals surface area contributed by atoms with Crippen molar-refractivity contribution >= 4 is 29.9 Å². The van der Waals surface area contributed by atoms with Crippen LogP contribution in [-0.2, 0) is 0 Å². The van der Waals surface area contributed by atoms with Crippen LogP contribution in [0.1, 0.15) is 44.2 Å². The van der Waals surface area contributed by atoms with Gasteiger partial charge >= 0.3 is 0 Å². The van der Waals surface area contributed by atoms with E-state index in [1.165, 1.54) is 50.9 Å². The largest absolute Gasteiger partial charge is 0.496 e. The fourth-order valence-electron chi connectivity index (χ4n) is 4.59. The number of ether oxygens (including phenoxy) is 1. The van der Waals surface area contributed by atoms with Crippen molar-refractivity contribution in [2.45, 2.75) is 38.6 Å². The zero-order valence-corrected chi connectivity index (χ0v) is 21.2. The van der Waals surface area contributed by atoms with Gasteiger partial charge in [0.15, 0.2) is 5.96 Å². The van der Waals surface area contributed by atoms with Crippen molar-refractivity contribution in [2.24, 2.45) is 10.9 Å². The summed E-state index contributed by atoms with van der Waals surface area (Å²) in [6.45, 7) is 10.1. The quantitative estimate of drug-likeness (QED) is 0.292. The van der Waals surface area contributed by atoms with Crippen LogP contribution in [0.2, 0.25) is 0 Å². The smallest absolute Gasteiger partial charge is 0.191 e. The Morgan fingerprint density at radius 1 is 1.03 bits per heavy atom. The second-order valence-corrected chi connectivity index (χ2v) is 8.45. The van der Waals surface area contributed by atoms with Gasteiger partial charge in [0.05, 0.1) is 13.2 Å². The minimum atomic E-state index is 0. The predicted octanol–water partition coefficient (Wildman–Crippen LogP) is 3.35. The summed E-state index contributed by atoms with van der Waals surface area (Å²) < 4.78 is 5.66. The maximum atomic E-state index is 5.66. The molecule has 2 unspecified atom stereocenters. The van der Waals surface area contributed by atoms with E-state index in [-0.39, 0.29) is 30.0 Å².